The van der Waals surface area contributed by atoms with Gasteiger partial charge in [-0.1, -0.05) is 26.0 Å². The number of benzene rings is 1. The molecule has 3 aromatic heterocycles. The van der Waals surface area contributed by atoms with E-state index in [4.69, 9.17) is 4.74 Å². The van der Waals surface area contributed by atoms with Gasteiger partial charge in [-0.25, -0.2) is 4.98 Å². The molecule has 1 N–H and O–H groups in total. The van der Waals surface area contributed by atoms with Gasteiger partial charge >= 0.3 is 0 Å². The molecule has 9 heteroatoms. The van der Waals surface area contributed by atoms with Crippen molar-refractivity contribution in [1.29, 1.82) is 0 Å². The average molecular weight is 454 g/mol. The molecule has 0 aliphatic heterocycles. The molecule has 4 aromatic rings. The van der Waals surface area contributed by atoms with Crippen molar-refractivity contribution < 1.29 is 9.53 Å². The number of fused-ring (bicyclic) bond motifs is 2. The summed E-state index contributed by atoms with van der Waals surface area (Å²) in [5, 5.41) is 6.15. The first-order chi connectivity index (χ1) is 15.4. The van der Waals surface area contributed by atoms with Crippen molar-refractivity contribution >= 4 is 38.4 Å². The SMILES string of the molecule is COCCN(Cc1nc2ccccc2c(=O)[nH]1)C(=O)c1cc2c(C)nn(CC(C)C)c2s1. The first-order valence-electron chi connectivity index (χ1n) is 10.6. The van der Waals surface area contributed by atoms with E-state index in [0.29, 0.717) is 40.7 Å². The standard InChI is InChI=1S/C23H27N5O3S/c1-14(2)12-28-23-17(15(3)26-28)11-19(32-23)22(30)27(9-10-31-4)13-20-24-18-8-6-5-7-16(18)21(29)25-20/h5-8,11,14H,9-10,12-13H2,1-4H3,(H,24,25,29). The molecule has 0 spiro atoms. The molecule has 0 radical (unpaired) electrons. The zero-order valence-corrected chi connectivity index (χ0v) is 19.5. The van der Waals surface area contributed by atoms with E-state index in [0.717, 1.165) is 22.5 Å². The molecule has 0 fully saturated rings. The van der Waals surface area contributed by atoms with Crippen molar-refractivity contribution in [2.24, 2.45) is 5.92 Å². The van der Waals surface area contributed by atoms with Crippen LogP contribution < -0.4 is 5.56 Å². The van der Waals surface area contributed by atoms with Crippen molar-refractivity contribution in [2.75, 3.05) is 20.3 Å². The van der Waals surface area contributed by atoms with Crippen molar-refractivity contribution in [3.63, 3.8) is 0 Å². The van der Waals surface area contributed by atoms with Crippen LogP contribution in [-0.2, 0) is 17.8 Å². The van der Waals surface area contributed by atoms with Crippen LogP contribution in [0.3, 0.4) is 0 Å². The largest absolute Gasteiger partial charge is 0.383 e. The maximum Gasteiger partial charge on any atom is 0.264 e. The van der Waals surface area contributed by atoms with Gasteiger partial charge in [-0.2, -0.15) is 5.10 Å². The lowest BCUT2D eigenvalue weighted by atomic mass is 10.2. The number of ether oxygens (including phenoxy) is 1. The van der Waals surface area contributed by atoms with Gasteiger partial charge in [0.1, 0.15) is 10.7 Å². The second kappa shape index (κ2) is 9.22. The minimum atomic E-state index is -0.212. The van der Waals surface area contributed by atoms with Crippen molar-refractivity contribution in [3.05, 3.63) is 57.1 Å². The summed E-state index contributed by atoms with van der Waals surface area (Å²) >= 11 is 1.45. The maximum atomic E-state index is 13.4. The highest BCUT2D eigenvalue weighted by Crippen LogP contribution is 2.30. The molecule has 0 saturated heterocycles. The van der Waals surface area contributed by atoms with Crippen molar-refractivity contribution in [3.8, 4) is 0 Å². The minimum Gasteiger partial charge on any atom is -0.383 e. The quantitative estimate of drug-likeness (QED) is 0.440. The van der Waals surface area contributed by atoms with E-state index < -0.39 is 0 Å². The average Bonchev–Trinajstić information content (AvgIpc) is 3.31. The van der Waals surface area contributed by atoms with Gasteiger partial charge in [0.15, 0.2) is 0 Å². The number of H-pyrrole nitrogens is 1. The predicted molar refractivity (Wildman–Crippen MR) is 126 cm³/mol. The molecule has 0 saturated carbocycles. The predicted octanol–water partition coefficient (Wildman–Crippen LogP) is 3.59. The van der Waals surface area contributed by atoms with Gasteiger partial charge in [-0.3, -0.25) is 14.3 Å². The molecule has 4 rings (SSSR count). The number of nitrogens with zero attached hydrogens (tertiary/aromatic N) is 4. The lowest BCUT2D eigenvalue weighted by Gasteiger charge is -2.21. The number of amides is 1. The van der Waals surface area contributed by atoms with Gasteiger partial charge in [0.2, 0.25) is 0 Å². The molecule has 32 heavy (non-hydrogen) atoms. The molecule has 1 aromatic carbocycles. The van der Waals surface area contributed by atoms with E-state index in [1.165, 1.54) is 11.3 Å². The third-order valence-corrected chi connectivity index (χ3v) is 6.35. The van der Waals surface area contributed by atoms with E-state index in [1.54, 1.807) is 30.2 Å². The van der Waals surface area contributed by atoms with Crippen LogP contribution in [0.5, 0.6) is 0 Å². The van der Waals surface area contributed by atoms with Crippen molar-refractivity contribution in [1.82, 2.24) is 24.6 Å². The van der Waals surface area contributed by atoms with E-state index in [9.17, 15) is 9.59 Å². The van der Waals surface area contributed by atoms with Crippen LogP contribution >= 0.6 is 11.3 Å². The van der Waals surface area contributed by atoms with Crippen LogP contribution in [0.2, 0.25) is 0 Å². The van der Waals surface area contributed by atoms with Crippen LogP contribution in [0.25, 0.3) is 21.1 Å². The van der Waals surface area contributed by atoms with Crippen LogP contribution in [0.4, 0.5) is 0 Å². The number of thiophene rings is 1. The van der Waals surface area contributed by atoms with Gasteiger partial charge in [0.05, 0.1) is 34.6 Å². The van der Waals surface area contributed by atoms with Crippen LogP contribution in [0.15, 0.2) is 35.1 Å². The number of aryl methyl sites for hydroxylation is 1. The number of nitrogens with one attached hydrogen (secondary N) is 1. The molecule has 0 unspecified atom stereocenters. The number of carbonyl (C=O) groups is 1. The summed E-state index contributed by atoms with van der Waals surface area (Å²) in [6.07, 6.45) is 0. The Morgan fingerprint density at radius 3 is 2.81 bits per heavy atom. The molecular weight excluding hydrogens is 426 g/mol. The maximum absolute atomic E-state index is 13.4. The Morgan fingerprint density at radius 1 is 1.28 bits per heavy atom. The summed E-state index contributed by atoms with van der Waals surface area (Å²) in [6.45, 7) is 8.01. The normalized spacial score (nSPS) is 11.7. The van der Waals surface area contributed by atoms with Gasteiger partial charge < -0.3 is 14.6 Å². The van der Waals surface area contributed by atoms with Gasteiger partial charge in [0.25, 0.3) is 11.5 Å². The van der Waals surface area contributed by atoms with Gasteiger partial charge in [-0.15, -0.1) is 11.3 Å². The Labute approximate surface area is 189 Å². The lowest BCUT2D eigenvalue weighted by molar-refractivity contribution is 0.0680. The zero-order valence-electron chi connectivity index (χ0n) is 18.7. The Kier molecular flexibility index (Phi) is 6.38. The van der Waals surface area contributed by atoms with Crippen LogP contribution in [-0.4, -0.2) is 50.8 Å². The topological polar surface area (TPSA) is 93.1 Å². The Bertz CT molecular complexity index is 1320. The van der Waals surface area contributed by atoms with E-state index >= 15 is 0 Å². The summed E-state index contributed by atoms with van der Waals surface area (Å²) in [4.78, 5) is 36.6. The highest BCUT2D eigenvalue weighted by atomic mass is 32.1. The molecule has 0 bridgehead atoms. The van der Waals surface area contributed by atoms with E-state index in [-0.39, 0.29) is 18.0 Å². The number of hydrogen-bond acceptors (Lipinski definition) is 6. The molecular formula is C23H27N5O3S. The minimum absolute atomic E-state index is 0.116. The second-order valence-corrected chi connectivity index (χ2v) is 9.27. The smallest absolute Gasteiger partial charge is 0.264 e. The highest BCUT2D eigenvalue weighted by molar-refractivity contribution is 7.20. The molecule has 0 aliphatic rings. The third-order valence-electron chi connectivity index (χ3n) is 5.21. The molecule has 168 valence electrons. The third kappa shape index (κ3) is 4.44. The highest BCUT2D eigenvalue weighted by Gasteiger charge is 2.22. The summed E-state index contributed by atoms with van der Waals surface area (Å²) in [7, 11) is 1.60. The molecule has 0 aliphatic carbocycles. The molecule has 1 amide bonds. The van der Waals surface area contributed by atoms with E-state index in [2.05, 4.69) is 28.9 Å². The number of aromatic amines is 1. The zero-order chi connectivity index (χ0) is 22.8. The molecule has 0 atom stereocenters. The number of rotatable bonds is 8. The second-order valence-electron chi connectivity index (χ2n) is 8.24. The molecule has 3 heterocycles. The number of methoxy groups -OCH3 is 1. The summed E-state index contributed by atoms with van der Waals surface area (Å²) in [5.74, 6) is 0.781. The summed E-state index contributed by atoms with van der Waals surface area (Å²) in [5.41, 5.74) is 1.31. The molecule has 8 nitrogen and oxygen atoms in total. The number of carbonyl (C=O) groups excluding carboxylic acids is 1. The first-order valence-corrected chi connectivity index (χ1v) is 11.4. The summed E-state index contributed by atoms with van der Waals surface area (Å²) in [6, 6.07) is 9.09. The fourth-order valence-corrected chi connectivity index (χ4v) is 4.83. The van der Waals surface area contributed by atoms with Crippen LogP contribution in [0.1, 0.15) is 35.0 Å². The van der Waals surface area contributed by atoms with Gasteiger partial charge in [0, 0.05) is 25.6 Å². The monoisotopic (exact) mass is 453 g/mol. The number of aromatic nitrogens is 4. The first kappa shape index (κ1) is 22.2. The number of hydrogen-bond donors (Lipinski definition) is 1. The number of para-hydroxylation sites is 1. The van der Waals surface area contributed by atoms with Crippen molar-refractivity contribution in [2.45, 2.75) is 33.9 Å². The lowest BCUT2D eigenvalue weighted by Crippen LogP contribution is -2.34. The van der Waals surface area contributed by atoms with Crippen LogP contribution in [0, 0.1) is 12.8 Å². The summed E-state index contributed by atoms with van der Waals surface area (Å²) < 4.78 is 7.20. The van der Waals surface area contributed by atoms with Gasteiger partial charge in [-0.05, 0) is 31.0 Å². The fraction of sp³-hybridized carbons (Fsp3) is 0.391. The Balaban J connectivity index is 1.66. The Hall–Kier alpha value is -3.04. The fourth-order valence-electron chi connectivity index (χ4n) is 3.69. The van der Waals surface area contributed by atoms with E-state index in [1.807, 2.05) is 23.7 Å². The Morgan fingerprint density at radius 2 is 2.06 bits per heavy atom.